The maximum atomic E-state index is 12.2. The van der Waals surface area contributed by atoms with Gasteiger partial charge in [-0.15, -0.1) is 0 Å². The number of carbonyl (C=O) groups excluding carboxylic acids is 1. The maximum Gasteiger partial charge on any atom is 0.248 e. The van der Waals surface area contributed by atoms with Crippen molar-refractivity contribution in [2.75, 3.05) is 43.2 Å². The van der Waals surface area contributed by atoms with Crippen LogP contribution in [-0.2, 0) is 26.4 Å². The zero-order chi connectivity index (χ0) is 31.4. The van der Waals surface area contributed by atoms with Crippen LogP contribution in [0.5, 0.6) is 5.75 Å². The molecule has 238 valence electrons. The molecule has 2 fully saturated rings. The first-order chi connectivity index (χ1) is 20.8. The number of benzene rings is 2. The number of nitrogens with zero attached hydrogens (tertiary/aromatic N) is 1. The Morgan fingerprint density at radius 3 is 2.66 bits per heavy atom. The van der Waals surface area contributed by atoms with Crippen molar-refractivity contribution >= 4 is 33.0 Å². The number of hydrogen-bond donors (Lipinski definition) is 1. The van der Waals surface area contributed by atoms with Crippen molar-refractivity contribution in [3.05, 3.63) is 69.8 Å². The van der Waals surface area contributed by atoms with Gasteiger partial charge in [-0.1, -0.05) is 37.6 Å². The van der Waals surface area contributed by atoms with Crippen molar-refractivity contribution in [1.82, 2.24) is 0 Å². The van der Waals surface area contributed by atoms with Gasteiger partial charge in [-0.2, -0.15) is 0 Å². The van der Waals surface area contributed by atoms with Crippen LogP contribution in [0.15, 0.2) is 48.0 Å². The summed E-state index contributed by atoms with van der Waals surface area (Å²) in [7, 11) is -1.13. The van der Waals surface area contributed by atoms with Crippen molar-refractivity contribution in [1.29, 1.82) is 0 Å². The summed E-state index contributed by atoms with van der Waals surface area (Å²) in [5.74, 6) is 1.68. The molecule has 1 unspecified atom stereocenters. The van der Waals surface area contributed by atoms with E-state index in [1.54, 1.807) is 13.2 Å². The lowest BCUT2D eigenvalue weighted by atomic mass is 9.67. The Balaban J connectivity index is 1.29. The van der Waals surface area contributed by atoms with E-state index in [1.165, 1.54) is 16.7 Å². The Labute approximate surface area is 267 Å². The lowest BCUT2D eigenvalue weighted by Gasteiger charge is -2.47. The molecule has 1 spiro atoms. The molecule has 1 saturated carbocycles. The van der Waals surface area contributed by atoms with Gasteiger partial charge in [-0.05, 0) is 104 Å². The van der Waals surface area contributed by atoms with Crippen molar-refractivity contribution in [2.24, 2.45) is 28.9 Å². The SMILES string of the molecule is CO[C@H](/C(C)=C/C(C)C1(C)CS(=O)(=O)C1)[C@@H]1CC[C@H]1CN1C[C@@]2(CCCc3cc(Cl)ccc32)COc2ccc(C(N)=O)cc21. The minimum absolute atomic E-state index is 0.0392. The summed E-state index contributed by atoms with van der Waals surface area (Å²) in [4.78, 5) is 14.7. The van der Waals surface area contributed by atoms with Crippen LogP contribution in [0.25, 0.3) is 0 Å². The molecular formula is C35H45ClN2O5S. The van der Waals surface area contributed by atoms with Crippen LogP contribution in [0, 0.1) is 23.2 Å². The monoisotopic (exact) mass is 640 g/mol. The van der Waals surface area contributed by atoms with Gasteiger partial charge in [0.2, 0.25) is 5.91 Å². The van der Waals surface area contributed by atoms with Crippen LogP contribution < -0.4 is 15.4 Å². The van der Waals surface area contributed by atoms with Gasteiger partial charge in [0.1, 0.15) is 5.75 Å². The van der Waals surface area contributed by atoms with Gasteiger partial charge in [0.05, 0.1) is 29.9 Å². The molecule has 44 heavy (non-hydrogen) atoms. The smallest absolute Gasteiger partial charge is 0.248 e. The van der Waals surface area contributed by atoms with Gasteiger partial charge >= 0.3 is 0 Å². The second-order valence-electron chi connectivity index (χ2n) is 14.2. The van der Waals surface area contributed by atoms with E-state index in [2.05, 4.69) is 43.9 Å². The highest BCUT2D eigenvalue weighted by molar-refractivity contribution is 7.92. The minimum Gasteiger partial charge on any atom is -0.490 e. The second-order valence-corrected chi connectivity index (χ2v) is 16.7. The molecule has 0 bridgehead atoms. The van der Waals surface area contributed by atoms with Crippen molar-refractivity contribution in [3.8, 4) is 5.75 Å². The third-order valence-corrected chi connectivity index (χ3v) is 13.5. The van der Waals surface area contributed by atoms with E-state index in [-0.39, 0.29) is 34.4 Å². The number of aryl methyl sites for hydroxylation is 1. The molecule has 6 rings (SSSR count). The Morgan fingerprint density at radius 2 is 2.00 bits per heavy atom. The number of primary amides is 1. The first-order valence-corrected chi connectivity index (χ1v) is 18.1. The molecule has 7 nitrogen and oxygen atoms in total. The molecule has 4 aliphatic rings. The number of ether oxygens (including phenoxy) is 2. The number of fused-ring (bicyclic) bond motifs is 3. The van der Waals surface area contributed by atoms with Crippen molar-refractivity contribution in [3.63, 3.8) is 0 Å². The average Bonchev–Trinajstić information content (AvgIpc) is 3.09. The van der Waals surface area contributed by atoms with Gasteiger partial charge in [-0.3, -0.25) is 4.79 Å². The third-order valence-electron chi connectivity index (χ3n) is 11.1. The number of methoxy groups -OCH3 is 1. The number of carbonyl (C=O) groups is 1. The second kappa shape index (κ2) is 11.7. The molecule has 0 radical (unpaired) electrons. The largest absolute Gasteiger partial charge is 0.490 e. The standard InChI is InChI=1S/C35H45ClN2O5S/c1-22(14-23(2)34(3)20-44(40,41)21-34)32(42-4)28-10-7-26(28)17-38-18-35(13-5-6-24-15-27(36)9-11-29(24)35)19-43-31-12-8-25(33(37)39)16-30(31)38/h8-9,11-12,14-16,23,26,28,32H,5-7,10,13,17-21H2,1-4H3,(H2,37,39)/b22-14+/t23?,26-,28+,32+,35-/m0/s1. The lowest BCUT2D eigenvalue weighted by molar-refractivity contribution is 0.00577. The Morgan fingerprint density at radius 1 is 1.23 bits per heavy atom. The summed E-state index contributed by atoms with van der Waals surface area (Å²) in [6, 6.07) is 11.8. The summed E-state index contributed by atoms with van der Waals surface area (Å²) in [6.07, 6.45) is 7.44. The number of halogens is 1. The van der Waals surface area contributed by atoms with E-state index >= 15 is 0 Å². The fourth-order valence-electron chi connectivity index (χ4n) is 8.38. The minimum atomic E-state index is -2.91. The maximum absolute atomic E-state index is 12.2. The predicted octanol–water partition coefficient (Wildman–Crippen LogP) is 5.97. The average molecular weight is 641 g/mol. The topological polar surface area (TPSA) is 98.9 Å². The summed E-state index contributed by atoms with van der Waals surface area (Å²) >= 11 is 6.42. The van der Waals surface area contributed by atoms with Gasteiger partial charge < -0.3 is 20.1 Å². The quantitative estimate of drug-likeness (QED) is 0.357. The van der Waals surface area contributed by atoms with E-state index in [9.17, 15) is 13.2 Å². The zero-order valence-electron chi connectivity index (χ0n) is 26.3. The normalized spacial score (nSPS) is 28.4. The van der Waals surface area contributed by atoms with Crippen LogP contribution in [0.4, 0.5) is 5.69 Å². The highest BCUT2D eigenvalue weighted by atomic mass is 35.5. The van der Waals surface area contributed by atoms with Crippen LogP contribution in [0.2, 0.25) is 5.02 Å². The number of nitrogens with two attached hydrogens (primary N) is 1. The predicted molar refractivity (Wildman–Crippen MR) is 175 cm³/mol. The Bertz CT molecular complexity index is 1580. The summed E-state index contributed by atoms with van der Waals surface area (Å²) < 4.78 is 36.6. The van der Waals surface area contributed by atoms with E-state index in [0.717, 1.165) is 61.7 Å². The van der Waals surface area contributed by atoms with Gasteiger partial charge in [-0.25, -0.2) is 8.42 Å². The summed E-state index contributed by atoms with van der Waals surface area (Å²) in [6.45, 7) is 8.47. The highest BCUT2D eigenvalue weighted by Gasteiger charge is 2.48. The fraction of sp³-hybridized carbons (Fsp3) is 0.571. The molecule has 9 heteroatoms. The van der Waals surface area contributed by atoms with Crippen molar-refractivity contribution in [2.45, 2.75) is 64.4 Å². The number of sulfone groups is 1. The molecule has 1 amide bonds. The first kappa shape index (κ1) is 31.4. The number of hydrogen-bond acceptors (Lipinski definition) is 6. The van der Waals surface area contributed by atoms with E-state index < -0.39 is 15.7 Å². The molecule has 2 aromatic rings. The van der Waals surface area contributed by atoms with Gasteiger partial charge in [0.15, 0.2) is 9.84 Å². The molecule has 2 aliphatic carbocycles. The summed E-state index contributed by atoms with van der Waals surface area (Å²) in [5, 5.41) is 0.759. The fourth-order valence-corrected chi connectivity index (χ4v) is 11.0. The van der Waals surface area contributed by atoms with Crippen LogP contribution >= 0.6 is 11.6 Å². The number of allylic oxidation sites excluding steroid dienone is 1. The molecular weight excluding hydrogens is 596 g/mol. The molecule has 5 atom stereocenters. The number of anilines is 1. The molecule has 2 aromatic carbocycles. The van der Waals surface area contributed by atoms with Crippen LogP contribution in [0.1, 0.15) is 67.9 Å². The van der Waals surface area contributed by atoms with E-state index in [4.69, 9.17) is 26.8 Å². The van der Waals surface area contributed by atoms with E-state index in [0.29, 0.717) is 24.0 Å². The Kier molecular flexibility index (Phi) is 8.34. The zero-order valence-corrected chi connectivity index (χ0v) is 27.8. The van der Waals surface area contributed by atoms with Crippen LogP contribution in [0.3, 0.4) is 0 Å². The lowest BCUT2D eigenvalue weighted by Crippen LogP contribution is -2.50. The number of rotatable bonds is 8. The van der Waals surface area contributed by atoms with Gasteiger partial charge in [0, 0.05) is 41.6 Å². The van der Waals surface area contributed by atoms with Crippen LogP contribution in [-0.4, -0.2) is 58.7 Å². The third kappa shape index (κ3) is 5.78. The Hall–Kier alpha value is -2.55. The molecule has 0 aromatic heterocycles. The molecule has 2 N–H and O–H groups in total. The highest BCUT2D eigenvalue weighted by Crippen LogP contribution is 2.48. The molecule has 2 heterocycles. The van der Waals surface area contributed by atoms with Crippen molar-refractivity contribution < 1.29 is 22.7 Å². The first-order valence-electron chi connectivity index (χ1n) is 15.9. The van der Waals surface area contributed by atoms with E-state index in [1.807, 2.05) is 18.2 Å². The van der Waals surface area contributed by atoms with Gasteiger partial charge in [0.25, 0.3) is 0 Å². The molecule has 1 saturated heterocycles. The molecule has 2 aliphatic heterocycles. The summed E-state index contributed by atoms with van der Waals surface area (Å²) in [5.41, 5.74) is 10.5. The number of amides is 1.